The fourth-order valence-electron chi connectivity index (χ4n) is 1.96. The summed E-state index contributed by atoms with van der Waals surface area (Å²) < 4.78 is 0. The van der Waals surface area contributed by atoms with Crippen molar-refractivity contribution in [1.29, 1.82) is 0 Å². The van der Waals surface area contributed by atoms with Gasteiger partial charge < -0.3 is 5.73 Å². The Kier molecular flexibility index (Phi) is 2.06. The van der Waals surface area contributed by atoms with Crippen molar-refractivity contribution in [2.45, 2.75) is 18.5 Å². The van der Waals surface area contributed by atoms with Crippen LogP contribution in [-0.2, 0) is 5.66 Å². The minimum atomic E-state index is -0.283. The van der Waals surface area contributed by atoms with Gasteiger partial charge in [0.1, 0.15) is 0 Å². The zero-order valence-electron chi connectivity index (χ0n) is 7.90. The average Bonchev–Trinajstić information content (AvgIpc) is 2.50. The highest BCUT2D eigenvalue weighted by molar-refractivity contribution is 5.20. The summed E-state index contributed by atoms with van der Waals surface area (Å²) in [5.74, 6) is 0. The molecule has 0 aromatic carbocycles. The van der Waals surface area contributed by atoms with Gasteiger partial charge in [0.25, 0.3) is 0 Å². The highest BCUT2D eigenvalue weighted by atomic mass is 15.3. The normalized spacial score (nSPS) is 29.4. The van der Waals surface area contributed by atoms with Crippen LogP contribution in [0.3, 0.4) is 0 Å². The summed E-state index contributed by atoms with van der Waals surface area (Å²) in [5, 5.41) is 0. The summed E-state index contributed by atoms with van der Waals surface area (Å²) in [6.07, 6.45) is 5.83. The summed E-state index contributed by atoms with van der Waals surface area (Å²) in [5.41, 5.74) is 7.15. The van der Waals surface area contributed by atoms with Crippen LogP contribution in [-0.4, -0.2) is 23.5 Å². The zero-order valence-corrected chi connectivity index (χ0v) is 7.90. The zero-order chi connectivity index (χ0) is 9.31. The fraction of sp³-hybridized carbons (Fsp3) is 0.500. The van der Waals surface area contributed by atoms with Crippen molar-refractivity contribution < 1.29 is 0 Å². The van der Waals surface area contributed by atoms with Gasteiger partial charge >= 0.3 is 0 Å². The summed E-state index contributed by atoms with van der Waals surface area (Å²) in [4.78, 5) is 6.30. The maximum absolute atomic E-state index is 6.31. The SMILES string of the molecule is CN1CCC[C@]1(N)c1cccnc1. The monoisotopic (exact) mass is 177 g/mol. The smallest absolute Gasteiger partial charge is 0.0962 e. The summed E-state index contributed by atoms with van der Waals surface area (Å²) >= 11 is 0. The molecule has 2 N–H and O–H groups in total. The lowest BCUT2D eigenvalue weighted by atomic mass is 10.00. The number of nitrogens with zero attached hydrogens (tertiary/aromatic N) is 2. The minimum absolute atomic E-state index is 0.283. The number of rotatable bonds is 1. The number of aromatic nitrogens is 1. The molecule has 2 heterocycles. The molecule has 3 nitrogen and oxygen atoms in total. The van der Waals surface area contributed by atoms with Crippen molar-refractivity contribution in [2.24, 2.45) is 5.73 Å². The molecule has 1 fully saturated rings. The summed E-state index contributed by atoms with van der Waals surface area (Å²) in [6, 6.07) is 3.99. The van der Waals surface area contributed by atoms with E-state index in [9.17, 15) is 0 Å². The number of likely N-dealkylation sites (tertiary alicyclic amines) is 1. The molecule has 0 aliphatic carbocycles. The van der Waals surface area contributed by atoms with E-state index in [0.29, 0.717) is 0 Å². The van der Waals surface area contributed by atoms with Crippen molar-refractivity contribution in [1.82, 2.24) is 9.88 Å². The molecule has 1 aliphatic rings. The van der Waals surface area contributed by atoms with Gasteiger partial charge in [-0.25, -0.2) is 0 Å². The van der Waals surface area contributed by atoms with Crippen molar-refractivity contribution >= 4 is 0 Å². The van der Waals surface area contributed by atoms with Gasteiger partial charge in [-0.2, -0.15) is 0 Å². The topological polar surface area (TPSA) is 42.1 Å². The van der Waals surface area contributed by atoms with Crippen LogP contribution >= 0.6 is 0 Å². The van der Waals surface area contributed by atoms with E-state index in [-0.39, 0.29) is 5.66 Å². The van der Waals surface area contributed by atoms with E-state index < -0.39 is 0 Å². The third-order valence-electron chi connectivity index (χ3n) is 2.89. The number of pyridine rings is 1. The van der Waals surface area contributed by atoms with Crippen LogP contribution in [0.5, 0.6) is 0 Å². The third-order valence-corrected chi connectivity index (χ3v) is 2.89. The first-order valence-corrected chi connectivity index (χ1v) is 4.64. The molecule has 0 unspecified atom stereocenters. The number of hydrogen-bond donors (Lipinski definition) is 1. The molecular formula is C10H15N3. The second kappa shape index (κ2) is 3.09. The Bertz CT molecular complexity index is 285. The van der Waals surface area contributed by atoms with Gasteiger partial charge in [0.05, 0.1) is 5.66 Å². The highest BCUT2D eigenvalue weighted by Gasteiger charge is 2.36. The molecule has 1 aliphatic heterocycles. The van der Waals surface area contributed by atoms with Gasteiger partial charge in [-0.05, 0) is 26.0 Å². The Morgan fingerprint density at radius 2 is 2.46 bits per heavy atom. The first-order valence-electron chi connectivity index (χ1n) is 4.64. The number of hydrogen-bond acceptors (Lipinski definition) is 3. The lowest BCUT2D eigenvalue weighted by Crippen LogP contribution is -2.46. The van der Waals surface area contributed by atoms with Crippen LogP contribution in [0.15, 0.2) is 24.5 Å². The second-order valence-electron chi connectivity index (χ2n) is 3.69. The molecule has 1 saturated heterocycles. The lowest BCUT2D eigenvalue weighted by Gasteiger charge is -2.32. The molecular weight excluding hydrogens is 162 g/mol. The lowest BCUT2D eigenvalue weighted by molar-refractivity contribution is 0.182. The van der Waals surface area contributed by atoms with Crippen LogP contribution in [0.2, 0.25) is 0 Å². The molecule has 0 saturated carbocycles. The molecule has 3 heteroatoms. The molecule has 70 valence electrons. The molecule has 0 radical (unpaired) electrons. The van der Waals surface area contributed by atoms with E-state index in [1.165, 1.54) is 6.42 Å². The Morgan fingerprint density at radius 3 is 3.00 bits per heavy atom. The van der Waals surface area contributed by atoms with E-state index >= 15 is 0 Å². The predicted octanol–water partition coefficient (Wildman–Crippen LogP) is 0.919. The van der Waals surface area contributed by atoms with Crippen LogP contribution < -0.4 is 5.73 Å². The molecule has 1 atom stereocenters. The molecule has 1 aromatic rings. The average molecular weight is 177 g/mol. The van der Waals surface area contributed by atoms with Crippen molar-refractivity contribution in [3.8, 4) is 0 Å². The van der Waals surface area contributed by atoms with Crippen molar-refractivity contribution in [2.75, 3.05) is 13.6 Å². The minimum Gasteiger partial charge on any atom is -0.309 e. The molecule has 2 rings (SSSR count). The Balaban J connectivity index is 2.34. The van der Waals surface area contributed by atoms with Crippen LogP contribution in [0.1, 0.15) is 18.4 Å². The second-order valence-corrected chi connectivity index (χ2v) is 3.69. The van der Waals surface area contributed by atoms with Gasteiger partial charge in [0, 0.05) is 24.5 Å². The van der Waals surface area contributed by atoms with Crippen LogP contribution in [0.4, 0.5) is 0 Å². The highest BCUT2D eigenvalue weighted by Crippen LogP contribution is 2.31. The first kappa shape index (κ1) is 8.66. The molecule has 0 amide bonds. The Labute approximate surface area is 78.6 Å². The van der Waals surface area contributed by atoms with Gasteiger partial charge in [0.15, 0.2) is 0 Å². The number of nitrogens with two attached hydrogens (primary N) is 1. The van der Waals surface area contributed by atoms with E-state index in [1.807, 2.05) is 12.3 Å². The van der Waals surface area contributed by atoms with Crippen LogP contribution in [0.25, 0.3) is 0 Å². The van der Waals surface area contributed by atoms with E-state index in [1.54, 1.807) is 6.20 Å². The molecule has 0 bridgehead atoms. The fourth-order valence-corrected chi connectivity index (χ4v) is 1.96. The first-order chi connectivity index (χ1) is 6.23. The third kappa shape index (κ3) is 1.34. The summed E-state index contributed by atoms with van der Waals surface area (Å²) in [7, 11) is 2.07. The standard InChI is InChI=1S/C10H15N3/c1-13-7-3-5-10(13,11)9-4-2-6-12-8-9/h2,4,6,8H,3,5,7,11H2,1H3/t10-/m1/s1. The Hall–Kier alpha value is -0.930. The maximum Gasteiger partial charge on any atom is 0.0962 e. The van der Waals surface area contributed by atoms with Gasteiger partial charge in [0.2, 0.25) is 0 Å². The van der Waals surface area contributed by atoms with Gasteiger partial charge in [-0.3, -0.25) is 9.88 Å². The van der Waals surface area contributed by atoms with Crippen molar-refractivity contribution in [3.05, 3.63) is 30.1 Å². The quantitative estimate of drug-likeness (QED) is 0.693. The van der Waals surface area contributed by atoms with Gasteiger partial charge in [-0.1, -0.05) is 6.07 Å². The van der Waals surface area contributed by atoms with Crippen molar-refractivity contribution in [3.63, 3.8) is 0 Å². The van der Waals surface area contributed by atoms with E-state index in [4.69, 9.17) is 5.73 Å². The maximum atomic E-state index is 6.31. The molecule has 13 heavy (non-hydrogen) atoms. The van der Waals surface area contributed by atoms with E-state index in [0.717, 1.165) is 18.5 Å². The van der Waals surface area contributed by atoms with Crippen LogP contribution in [0, 0.1) is 0 Å². The predicted molar refractivity (Wildman–Crippen MR) is 52.0 cm³/mol. The molecule has 1 aromatic heterocycles. The van der Waals surface area contributed by atoms with E-state index in [2.05, 4.69) is 23.0 Å². The Morgan fingerprint density at radius 1 is 1.62 bits per heavy atom. The largest absolute Gasteiger partial charge is 0.309 e. The molecule has 0 spiro atoms. The summed E-state index contributed by atoms with van der Waals surface area (Å²) in [6.45, 7) is 1.07. The van der Waals surface area contributed by atoms with Gasteiger partial charge in [-0.15, -0.1) is 0 Å².